The Labute approximate surface area is 187 Å². The van der Waals surface area contributed by atoms with Gasteiger partial charge in [-0.3, -0.25) is 4.79 Å². The third-order valence-electron chi connectivity index (χ3n) is 5.70. The number of ether oxygens (including phenoxy) is 1. The number of nitrogens with zero attached hydrogens (tertiary/aromatic N) is 1. The van der Waals surface area contributed by atoms with E-state index in [-0.39, 0.29) is 23.5 Å². The number of amides is 2. The summed E-state index contributed by atoms with van der Waals surface area (Å²) in [6.45, 7) is 1.38. The average molecular weight is 431 g/mol. The zero-order valence-corrected chi connectivity index (χ0v) is 17.7. The molecular formula is C26H26N2O4. The first-order chi connectivity index (χ1) is 15.6. The van der Waals surface area contributed by atoms with Crippen LogP contribution in [0.4, 0.5) is 10.5 Å². The van der Waals surface area contributed by atoms with E-state index in [0.29, 0.717) is 38.1 Å². The number of likely N-dealkylation sites (tertiary alicyclic amines) is 1. The molecule has 3 aromatic rings. The van der Waals surface area contributed by atoms with Gasteiger partial charge in [0.05, 0.1) is 0 Å². The number of carbonyl (C=O) groups excluding carboxylic acids is 2. The predicted octanol–water partition coefficient (Wildman–Crippen LogP) is 5.10. The first-order valence-electron chi connectivity index (χ1n) is 10.7. The van der Waals surface area contributed by atoms with Gasteiger partial charge in [-0.15, -0.1) is 0 Å². The van der Waals surface area contributed by atoms with E-state index in [1.54, 1.807) is 17.0 Å². The number of nitrogens with one attached hydrogen (secondary N) is 1. The first-order valence-corrected chi connectivity index (χ1v) is 10.7. The number of piperidine rings is 1. The van der Waals surface area contributed by atoms with Crippen LogP contribution in [0.5, 0.6) is 11.5 Å². The minimum absolute atomic E-state index is 0.0634. The van der Waals surface area contributed by atoms with E-state index in [9.17, 15) is 14.7 Å². The van der Waals surface area contributed by atoms with Crippen molar-refractivity contribution in [2.24, 2.45) is 5.92 Å². The third kappa shape index (κ3) is 5.27. The van der Waals surface area contributed by atoms with Crippen LogP contribution in [0, 0.1) is 5.92 Å². The van der Waals surface area contributed by atoms with Gasteiger partial charge < -0.3 is 20.1 Å². The highest BCUT2D eigenvalue weighted by atomic mass is 16.5. The minimum Gasteiger partial charge on any atom is -0.508 e. The minimum atomic E-state index is -0.173. The number of Topliss-reactive ketones (excluding diaryl/α,β-unsaturated/α-hetero) is 1. The van der Waals surface area contributed by atoms with Crippen molar-refractivity contribution in [1.82, 2.24) is 4.90 Å². The van der Waals surface area contributed by atoms with Gasteiger partial charge in [0.15, 0.2) is 5.78 Å². The van der Waals surface area contributed by atoms with Crippen molar-refractivity contribution in [3.63, 3.8) is 0 Å². The van der Waals surface area contributed by atoms with E-state index in [4.69, 9.17) is 4.74 Å². The van der Waals surface area contributed by atoms with Crippen LogP contribution < -0.4 is 10.1 Å². The molecule has 0 spiro atoms. The fourth-order valence-corrected chi connectivity index (χ4v) is 3.85. The SMILES string of the molecule is O=C(c1ccc(O)cc1)C1CCN(C(=O)Nc2ccccc2COc2ccccc2)CC1. The maximum Gasteiger partial charge on any atom is 0.321 e. The number of urea groups is 1. The van der Waals surface area contributed by atoms with Crippen LogP contribution in [-0.2, 0) is 6.61 Å². The Kier molecular flexibility index (Phi) is 6.70. The number of phenols is 1. The molecular weight excluding hydrogens is 404 g/mol. The summed E-state index contributed by atoms with van der Waals surface area (Å²) < 4.78 is 5.83. The Bertz CT molecular complexity index is 1060. The normalized spacial score (nSPS) is 14.1. The highest BCUT2D eigenvalue weighted by Gasteiger charge is 2.28. The number of rotatable bonds is 6. The van der Waals surface area contributed by atoms with Gasteiger partial charge >= 0.3 is 6.03 Å². The molecule has 0 unspecified atom stereocenters. The van der Waals surface area contributed by atoms with Gasteiger partial charge in [-0.2, -0.15) is 0 Å². The van der Waals surface area contributed by atoms with E-state index >= 15 is 0 Å². The van der Waals surface area contributed by atoms with Gasteiger partial charge in [-0.05, 0) is 55.3 Å². The van der Waals surface area contributed by atoms with Gasteiger partial charge in [0, 0.05) is 35.8 Å². The molecule has 0 bridgehead atoms. The Morgan fingerprint density at radius 2 is 1.56 bits per heavy atom. The quantitative estimate of drug-likeness (QED) is 0.534. The number of hydrogen-bond donors (Lipinski definition) is 2. The number of hydrogen-bond acceptors (Lipinski definition) is 4. The molecule has 3 aromatic carbocycles. The number of anilines is 1. The van der Waals surface area contributed by atoms with Crippen LogP contribution in [-0.4, -0.2) is 34.9 Å². The molecule has 0 aliphatic carbocycles. The van der Waals surface area contributed by atoms with Crippen molar-refractivity contribution >= 4 is 17.5 Å². The number of aromatic hydroxyl groups is 1. The van der Waals surface area contributed by atoms with E-state index in [2.05, 4.69) is 5.32 Å². The van der Waals surface area contributed by atoms with Crippen LogP contribution >= 0.6 is 0 Å². The van der Waals surface area contributed by atoms with Crippen molar-refractivity contribution in [3.05, 3.63) is 90.0 Å². The second-order valence-electron chi connectivity index (χ2n) is 7.86. The van der Waals surface area contributed by atoms with Crippen LogP contribution in [0.15, 0.2) is 78.9 Å². The number of ketones is 1. The van der Waals surface area contributed by atoms with Gasteiger partial charge in [-0.1, -0.05) is 36.4 Å². The van der Waals surface area contributed by atoms with Crippen molar-refractivity contribution in [3.8, 4) is 11.5 Å². The van der Waals surface area contributed by atoms with Crippen LogP contribution in [0.1, 0.15) is 28.8 Å². The second kappa shape index (κ2) is 10.0. The summed E-state index contributed by atoms with van der Waals surface area (Å²) in [5.74, 6) is 0.861. The van der Waals surface area contributed by atoms with E-state index < -0.39 is 0 Å². The number of carbonyl (C=O) groups is 2. The van der Waals surface area contributed by atoms with Crippen molar-refractivity contribution < 1.29 is 19.4 Å². The number of para-hydroxylation sites is 2. The molecule has 1 aliphatic rings. The van der Waals surface area contributed by atoms with Crippen molar-refractivity contribution in [2.45, 2.75) is 19.4 Å². The van der Waals surface area contributed by atoms with Crippen molar-refractivity contribution in [1.29, 1.82) is 0 Å². The molecule has 0 atom stereocenters. The van der Waals surface area contributed by atoms with Crippen molar-refractivity contribution in [2.75, 3.05) is 18.4 Å². The summed E-state index contributed by atoms with van der Waals surface area (Å²) >= 11 is 0. The lowest BCUT2D eigenvalue weighted by molar-refractivity contribution is 0.0859. The monoisotopic (exact) mass is 430 g/mol. The maximum atomic E-state index is 12.8. The number of benzene rings is 3. The smallest absolute Gasteiger partial charge is 0.321 e. The molecule has 2 amide bonds. The molecule has 6 nitrogen and oxygen atoms in total. The fourth-order valence-electron chi connectivity index (χ4n) is 3.85. The summed E-state index contributed by atoms with van der Waals surface area (Å²) in [4.78, 5) is 27.3. The highest BCUT2D eigenvalue weighted by Crippen LogP contribution is 2.24. The molecule has 6 heteroatoms. The Hall–Kier alpha value is -3.80. The third-order valence-corrected chi connectivity index (χ3v) is 5.70. The lowest BCUT2D eigenvalue weighted by Crippen LogP contribution is -2.42. The summed E-state index contributed by atoms with van der Waals surface area (Å²) in [5, 5.41) is 12.4. The van der Waals surface area contributed by atoms with Gasteiger partial charge in [0.2, 0.25) is 0 Å². The first kappa shape index (κ1) is 21.4. The molecule has 1 heterocycles. The van der Waals surface area contributed by atoms with Crippen LogP contribution in [0.3, 0.4) is 0 Å². The maximum absolute atomic E-state index is 12.8. The van der Waals surface area contributed by atoms with E-state index in [1.807, 2.05) is 54.6 Å². The lowest BCUT2D eigenvalue weighted by atomic mass is 9.89. The standard InChI is InChI=1S/C26H26N2O4/c29-22-12-10-19(11-13-22)25(30)20-14-16-28(17-15-20)26(31)27-24-9-5-4-6-21(24)18-32-23-7-2-1-3-8-23/h1-13,20,29H,14-18H2,(H,27,31). The Balaban J connectivity index is 1.32. The molecule has 2 N–H and O–H groups in total. The lowest BCUT2D eigenvalue weighted by Gasteiger charge is -2.31. The molecule has 32 heavy (non-hydrogen) atoms. The Morgan fingerprint density at radius 1 is 0.906 bits per heavy atom. The topological polar surface area (TPSA) is 78.9 Å². The highest BCUT2D eigenvalue weighted by molar-refractivity contribution is 5.98. The second-order valence-corrected chi connectivity index (χ2v) is 7.86. The molecule has 1 saturated heterocycles. The van der Waals surface area contributed by atoms with E-state index in [1.165, 1.54) is 12.1 Å². The molecule has 1 fully saturated rings. The summed E-state index contributed by atoms with van der Waals surface area (Å²) in [6.07, 6.45) is 1.23. The van der Waals surface area contributed by atoms with Gasteiger partial charge in [0.25, 0.3) is 0 Å². The molecule has 0 aromatic heterocycles. The van der Waals surface area contributed by atoms with E-state index in [0.717, 1.165) is 17.0 Å². The molecule has 4 rings (SSSR count). The largest absolute Gasteiger partial charge is 0.508 e. The molecule has 0 saturated carbocycles. The zero-order chi connectivity index (χ0) is 22.3. The molecule has 0 radical (unpaired) electrons. The summed E-state index contributed by atoms with van der Waals surface area (Å²) in [6, 6.07) is 23.3. The van der Waals surface area contributed by atoms with Gasteiger partial charge in [-0.25, -0.2) is 4.79 Å². The molecule has 1 aliphatic heterocycles. The predicted molar refractivity (Wildman–Crippen MR) is 123 cm³/mol. The fraction of sp³-hybridized carbons (Fsp3) is 0.231. The van der Waals surface area contributed by atoms with Crippen LogP contribution in [0.2, 0.25) is 0 Å². The summed E-state index contributed by atoms with van der Waals surface area (Å²) in [5.41, 5.74) is 2.20. The molecule has 164 valence electrons. The Morgan fingerprint density at radius 3 is 2.28 bits per heavy atom. The van der Waals surface area contributed by atoms with Gasteiger partial charge in [0.1, 0.15) is 18.1 Å². The number of phenolic OH excluding ortho intramolecular Hbond substituents is 1. The zero-order valence-electron chi connectivity index (χ0n) is 17.7. The summed E-state index contributed by atoms with van der Waals surface area (Å²) in [7, 11) is 0. The average Bonchev–Trinajstić information content (AvgIpc) is 2.84. The van der Waals surface area contributed by atoms with Crippen LogP contribution in [0.25, 0.3) is 0 Å².